The fourth-order valence-corrected chi connectivity index (χ4v) is 2.42. The fraction of sp³-hybridized carbons (Fsp3) is 0.250. The van der Waals surface area contributed by atoms with Gasteiger partial charge < -0.3 is 16.0 Å². The Kier molecular flexibility index (Phi) is 7.51. The van der Waals surface area contributed by atoms with Crippen molar-refractivity contribution >= 4 is 29.2 Å². The number of anilines is 1. The lowest BCUT2D eigenvalue weighted by Crippen LogP contribution is -2.43. The van der Waals surface area contributed by atoms with Crippen LogP contribution in [0, 0.1) is 28.5 Å². The number of carbonyl (C=O) groups is 1. The van der Waals surface area contributed by atoms with Gasteiger partial charge in [0.05, 0.1) is 5.69 Å². The lowest BCUT2D eigenvalue weighted by atomic mass is 9.93. The molecule has 3 N–H and O–H groups in total. The molecule has 0 saturated heterocycles. The predicted molar refractivity (Wildman–Crippen MR) is 109 cm³/mol. The van der Waals surface area contributed by atoms with Crippen LogP contribution in [0.1, 0.15) is 24.2 Å². The molecule has 0 aliphatic heterocycles. The van der Waals surface area contributed by atoms with E-state index in [0.29, 0.717) is 23.7 Å². The first-order valence-corrected chi connectivity index (χ1v) is 9.04. The molecule has 29 heavy (non-hydrogen) atoms. The van der Waals surface area contributed by atoms with Crippen molar-refractivity contribution in [3.8, 4) is 6.19 Å². The summed E-state index contributed by atoms with van der Waals surface area (Å²) in [5.74, 6) is -1.60. The second-order valence-corrected chi connectivity index (χ2v) is 7.45. The number of nitrogens with one attached hydrogen (secondary N) is 3. The van der Waals surface area contributed by atoms with Gasteiger partial charge in [-0.15, -0.1) is 4.99 Å². The minimum absolute atomic E-state index is 0.0332. The van der Waals surface area contributed by atoms with E-state index in [1.165, 1.54) is 0 Å². The summed E-state index contributed by atoms with van der Waals surface area (Å²) in [7, 11) is 0. The molecule has 0 aliphatic rings. The minimum atomic E-state index is -0.687. The zero-order valence-corrected chi connectivity index (χ0v) is 16.6. The third-order valence-corrected chi connectivity index (χ3v) is 4.16. The SMILES string of the molecule is CC(C)(CNC(=O)c1ccc(Cl)cc1)CNC(=NC#N)Nc1cc(F)ccc1F. The van der Waals surface area contributed by atoms with E-state index in [2.05, 4.69) is 20.9 Å². The van der Waals surface area contributed by atoms with Crippen LogP contribution in [-0.4, -0.2) is 25.0 Å². The number of amides is 1. The van der Waals surface area contributed by atoms with Crippen molar-refractivity contribution in [2.45, 2.75) is 13.8 Å². The molecule has 0 fully saturated rings. The Labute approximate surface area is 172 Å². The van der Waals surface area contributed by atoms with Gasteiger partial charge in [-0.05, 0) is 41.8 Å². The molecule has 9 heteroatoms. The van der Waals surface area contributed by atoms with Gasteiger partial charge in [-0.3, -0.25) is 4.79 Å². The molecule has 6 nitrogen and oxygen atoms in total. The second-order valence-electron chi connectivity index (χ2n) is 7.02. The Hall–Kier alpha value is -3.18. The van der Waals surface area contributed by atoms with Gasteiger partial charge in [-0.2, -0.15) is 5.26 Å². The second kappa shape index (κ2) is 9.85. The Bertz CT molecular complexity index is 939. The van der Waals surface area contributed by atoms with Gasteiger partial charge >= 0.3 is 0 Å². The molecule has 0 aromatic heterocycles. The quantitative estimate of drug-likeness (QED) is 0.376. The van der Waals surface area contributed by atoms with E-state index in [9.17, 15) is 13.6 Å². The van der Waals surface area contributed by atoms with Crippen LogP contribution >= 0.6 is 11.6 Å². The Morgan fingerprint density at radius 2 is 1.79 bits per heavy atom. The highest BCUT2D eigenvalue weighted by Crippen LogP contribution is 2.16. The van der Waals surface area contributed by atoms with E-state index >= 15 is 0 Å². The van der Waals surface area contributed by atoms with Gasteiger partial charge in [-0.25, -0.2) is 8.78 Å². The Balaban J connectivity index is 1.94. The van der Waals surface area contributed by atoms with Gasteiger partial charge in [0, 0.05) is 29.7 Å². The van der Waals surface area contributed by atoms with Crippen molar-refractivity contribution in [1.29, 1.82) is 5.26 Å². The van der Waals surface area contributed by atoms with Crippen LogP contribution < -0.4 is 16.0 Å². The number of hydrogen-bond acceptors (Lipinski definition) is 3. The van der Waals surface area contributed by atoms with Crippen molar-refractivity contribution in [3.63, 3.8) is 0 Å². The van der Waals surface area contributed by atoms with E-state index in [4.69, 9.17) is 16.9 Å². The van der Waals surface area contributed by atoms with Crippen LogP contribution in [0.2, 0.25) is 5.02 Å². The number of carbonyl (C=O) groups excluding carboxylic acids is 1. The molecule has 0 bridgehead atoms. The van der Waals surface area contributed by atoms with Crippen LogP contribution in [0.4, 0.5) is 14.5 Å². The monoisotopic (exact) mass is 419 g/mol. The average molecular weight is 420 g/mol. The lowest BCUT2D eigenvalue weighted by Gasteiger charge is -2.26. The molecule has 0 aliphatic carbocycles. The zero-order valence-electron chi connectivity index (χ0n) is 15.9. The van der Waals surface area contributed by atoms with Crippen LogP contribution in [0.3, 0.4) is 0 Å². The first-order valence-electron chi connectivity index (χ1n) is 8.67. The van der Waals surface area contributed by atoms with Crippen molar-refractivity contribution < 1.29 is 13.6 Å². The van der Waals surface area contributed by atoms with E-state index in [1.807, 2.05) is 13.8 Å². The number of nitrogens with zero attached hydrogens (tertiary/aromatic N) is 2. The summed E-state index contributed by atoms with van der Waals surface area (Å²) >= 11 is 5.81. The largest absolute Gasteiger partial charge is 0.355 e. The van der Waals surface area contributed by atoms with E-state index in [-0.39, 0.29) is 17.6 Å². The number of hydrogen-bond donors (Lipinski definition) is 3. The number of guanidine groups is 1. The fourth-order valence-electron chi connectivity index (χ4n) is 2.29. The van der Waals surface area contributed by atoms with E-state index in [1.54, 1.807) is 30.5 Å². The summed E-state index contributed by atoms with van der Waals surface area (Å²) in [5.41, 5.74) is -0.117. The first kappa shape index (κ1) is 22.1. The number of benzene rings is 2. The van der Waals surface area contributed by atoms with Crippen LogP contribution in [0.25, 0.3) is 0 Å². The summed E-state index contributed by atoms with van der Waals surface area (Å²) in [6.07, 6.45) is 1.60. The average Bonchev–Trinajstić information content (AvgIpc) is 2.68. The van der Waals surface area contributed by atoms with Gasteiger partial charge in [0.15, 0.2) is 0 Å². The summed E-state index contributed by atoms with van der Waals surface area (Å²) in [6, 6.07) is 9.42. The highest BCUT2D eigenvalue weighted by atomic mass is 35.5. The normalized spacial score (nSPS) is 11.5. The number of aliphatic imine (C=N–C) groups is 1. The van der Waals surface area contributed by atoms with Gasteiger partial charge in [-0.1, -0.05) is 25.4 Å². The molecule has 1 amide bonds. The maximum Gasteiger partial charge on any atom is 0.251 e. The van der Waals surface area contributed by atoms with Crippen LogP contribution in [-0.2, 0) is 0 Å². The topological polar surface area (TPSA) is 89.3 Å². The van der Waals surface area contributed by atoms with Crippen LogP contribution in [0.5, 0.6) is 0 Å². The van der Waals surface area contributed by atoms with Gasteiger partial charge in [0.25, 0.3) is 5.91 Å². The first-order chi connectivity index (χ1) is 13.7. The molecule has 2 aromatic rings. The maximum absolute atomic E-state index is 13.8. The van der Waals surface area contributed by atoms with Crippen molar-refractivity contribution in [2.24, 2.45) is 10.4 Å². The number of halogens is 3. The molecule has 0 radical (unpaired) electrons. The summed E-state index contributed by atoms with van der Waals surface area (Å²) < 4.78 is 27.1. The molecule has 2 rings (SSSR count). The van der Waals surface area contributed by atoms with Gasteiger partial charge in [0.1, 0.15) is 11.6 Å². The lowest BCUT2D eigenvalue weighted by molar-refractivity contribution is 0.0937. The Morgan fingerprint density at radius 3 is 2.45 bits per heavy atom. The van der Waals surface area contributed by atoms with Crippen molar-refractivity contribution in [3.05, 3.63) is 64.7 Å². The van der Waals surface area contributed by atoms with Gasteiger partial charge in [0.2, 0.25) is 12.2 Å². The molecule has 2 aromatic carbocycles. The third kappa shape index (κ3) is 7.05. The summed E-state index contributed by atoms with van der Waals surface area (Å²) in [4.78, 5) is 15.8. The molecular formula is C20H20ClF2N5O. The highest BCUT2D eigenvalue weighted by molar-refractivity contribution is 6.30. The third-order valence-electron chi connectivity index (χ3n) is 3.91. The molecule has 0 atom stereocenters. The molecule has 0 unspecified atom stereocenters. The molecular weight excluding hydrogens is 400 g/mol. The molecule has 0 saturated carbocycles. The smallest absolute Gasteiger partial charge is 0.251 e. The Morgan fingerprint density at radius 1 is 1.14 bits per heavy atom. The van der Waals surface area contributed by atoms with E-state index in [0.717, 1.165) is 18.2 Å². The zero-order chi connectivity index (χ0) is 21.4. The number of nitriles is 1. The predicted octanol–water partition coefficient (Wildman–Crippen LogP) is 3.91. The molecule has 152 valence electrons. The summed E-state index contributed by atoms with van der Waals surface area (Å²) in [6.45, 7) is 4.37. The van der Waals surface area contributed by atoms with E-state index < -0.39 is 17.0 Å². The number of rotatable bonds is 6. The molecule has 0 heterocycles. The maximum atomic E-state index is 13.8. The van der Waals surface area contributed by atoms with Crippen molar-refractivity contribution in [1.82, 2.24) is 10.6 Å². The summed E-state index contributed by atoms with van der Waals surface area (Å²) in [5, 5.41) is 17.6. The molecule has 0 spiro atoms. The van der Waals surface area contributed by atoms with Crippen LogP contribution in [0.15, 0.2) is 47.5 Å². The minimum Gasteiger partial charge on any atom is -0.355 e. The standard InChI is InChI=1S/C20H20ClF2N5O/c1-20(2,10-25-18(29)13-3-5-14(21)6-4-13)11-26-19(27-12-24)28-17-9-15(22)7-8-16(17)23/h3-9H,10-11H2,1-2H3,(H,25,29)(H2,26,27,28). The highest BCUT2D eigenvalue weighted by Gasteiger charge is 2.20. The van der Waals surface area contributed by atoms with Crippen molar-refractivity contribution in [2.75, 3.05) is 18.4 Å².